The smallest absolute Gasteiger partial charge is 0.136 e. The molecule has 84 valence electrons. The van der Waals surface area contributed by atoms with Crippen molar-refractivity contribution >= 4 is 5.78 Å². The molecule has 0 aliphatic heterocycles. The van der Waals surface area contributed by atoms with Crippen LogP contribution in [-0.2, 0) is 4.79 Å². The summed E-state index contributed by atoms with van der Waals surface area (Å²) in [5.41, 5.74) is 1.74. The van der Waals surface area contributed by atoms with E-state index in [0.29, 0.717) is 24.5 Å². The van der Waals surface area contributed by atoms with Gasteiger partial charge in [0.1, 0.15) is 5.78 Å². The van der Waals surface area contributed by atoms with Crippen LogP contribution in [0.2, 0.25) is 0 Å². The highest BCUT2D eigenvalue weighted by Crippen LogP contribution is 2.43. The van der Waals surface area contributed by atoms with Gasteiger partial charge in [-0.25, -0.2) is 0 Å². The van der Waals surface area contributed by atoms with Gasteiger partial charge in [-0.3, -0.25) is 4.79 Å². The lowest BCUT2D eigenvalue weighted by Crippen LogP contribution is -2.18. The highest BCUT2D eigenvalue weighted by atomic mass is 16.1. The van der Waals surface area contributed by atoms with Crippen LogP contribution < -0.4 is 0 Å². The summed E-state index contributed by atoms with van der Waals surface area (Å²) in [5.74, 6) is 0.897. The maximum atomic E-state index is 11.1. The number of hydrogen-bond acceptors (Lipinski definition) is 1. The molecular weight excluding hydrogens is 184 g/mol. The molecule has 1 rings (SSSR count). The number of rotatable bonds is 4. The van der Waals surface area contributed by atoms with E-state index in [9.17, 15) is 4.79 Å². The first-order valence-electron chi connectivity index (χ1n) is 5.84. The molecule has 0 spiro atoms. The summed E-state index contributed by atoms with van der Waals surface area (Å²) in [7, 11) is 0. The van der Waals surface area contributed by atoms with Gasteiger partial charge in [0.25, 0.3) is 0 Å². The third-order valence-electron chi connectivity index (χ3n) is 3.73. The van der Waals surface area contributed by atoms with Crippen LogP contribution in [0.15, 0.2) is 23.8 Å². The van der Waals surface area contributed by atoms with E-state index >= 15 is 0 Å². The normalized spacial score (nSPS) is 24.5. The highest BCUT2D eigenvalue weighted by molar-refractivity contribution is 5.79. The Labute approximate surface area is 93.3 Å². The summed E-state index contributed by atoms with van der Waals surface area (Å²) < 4.78 is 0. The van der Waals surface area contributed by atoms with E-state index in [1.165, 1.54) is 5.57 Å². The summed E-state index contributed by atoms with van der Waals surface area (Å²) in [6, 6.07) is 0. The Hall–Kier alpha value is -0.850. The number of carbonyl (C=O) groups excluding carboxylic acids is 1. The Morgan fingerprint density at radius 1 is 1.60 bits per heavy atom. The van der Waals surface area contributed by atoms with Crippen LogP contribution >= 0.6 is 0 Å². The van der Waals surface area contributed by atoms with Crippen LogP contribution in [0.5, 0.6) is 0 Å². The van der Waals surface area contributed by atoms with Gasteiger partial charge in [0, 0.05) is 12.8 Å². The second-order valence-corrected chi connectivity index (χ2v) is 4.98. The predicted octanol–water partition coefficient (Wildman–Crippen LogP) is 3.90. The first-order valence-corrected chi connectivity index (χ1v) is 5.84. The predicted molar refractivity (Wildman–Crippen MR) is 64.7 cm³/mol. The average Bonchev–Trinajstić information content (AvgIpc) is 2.44. The molecule has 0 fully saturated rings. The second-order valence-electron chi connectivity index (χ2n) is 4.98. The standard InChI is InChI=1S/C14H22O/c1-5-13(15)8-6-7-12-10-9-11(2)14(12,3)4/h6-7,9,12H,5,8,10H2,1-4H3/b7-6+/t12-/m0/s1. The van der Waals surface area contributed by atoms with Gasteiger partial charge in [-0.05, 0) is 24.7 Å². The zero-order valence-corrected chi connectivity index (χ0v) is 10.3. The number of allylic oxidation sites excluding steroid dienone is 4. The van der Waals surface area contributed by atoms with Crippen LogP contribution in [0.3, 0.4) is 0 Å². The van der Waals surface area contributed by atoms with E-state index in [0.717, 1.165) is 6.42 Å². The van der Waals surface area contributed by atoms with E-state index < -0.39 is 0 Å². The maximum Gasteiger partial charge on any atom is 0.136 e. The third-order valence-corrected chi connectivity index (χ3v) is 3.73. The fraction of sp³-hybridized carbons (Fsp3) is 0.643. The molecule has 0 amide bonds. The Bertz CT molecular complexity index is 294. The van der Waals surface area contributed by atoms with Gasteiger partial charge in [0.2, 0.25) is 0 Å². The van der Waals surface area contributed by atoms with Crippen molar-refractivity contribution in [2.75, 3.05) is 0 Å². The van der Waals surface area contributed by atoms with Crippen LogP contribution in [0.25, 0.3) is 0 Å². The first-order chi connectivity index (χ1) is 6.98. The van der Waals surface area contributed by atoms with E-state index in [1.807, 2.05) is 13.0 Å². The zero-order valence-electron chi connectivity index (χ0n) is 10.3. The van der Waals surface area contributed by atoms with Gasteiger partial charge in [-0.1, -0.05) is 44.6 Å². The van der Waals surface area contributed by atoms with Crippen molar-refractivity contribution in [3.8, 4) is 0 Å². The topological polar surface area (TPSA) is 17.1 Å². The van der Waals surface area contributed by atoms with E-state index in [1.54, 1.807) is 0 Å². The number of hydrogen-bond donors (Lipinski definition) is 0. The summed E-state index contributed by atoms with van der Waals surface area (Å²) >= 11 is 0. The third kappa shape index (κ3) is 2.80. The highest BCUT2D eigenvalue weighted by Gasteiger charge is 2.32. The molecule has 1 atom stereocenters. The number of ketones is 1. The van der Waals surface area contributed by atoms with Gasteiger partial charge in [-0.2, -0.15) is 0 Å². The first kappa shape index (κ1) is 12.2. The van der Waals surface area contributed by atoms with Crippen LogP contribution in [0.4, 0.5) is 0 Å². The lowest BCUT2D eigenvalue weighted by Gasteiger charge is -2.27. The fourth-order valence-electron chi connectivity index (χ4n) is 1.98. The summed E-state index contributed by atoms with van der Waals surface area (Å²) in [4.78, 5) is 11.1. The summed E-state index contributed by atoms with van der Waals surface area (Å²) in [5, 5.41) is 0. The van der Waals surface area contributed by atoms with Gasteiger partial charge < -0.3 is 0 Å². The van der Waals surface area contributed by atoms with Gasteiger partial charge in [0.05, 0.1) is 0 Å². The number of Topliss-reactive ketones (excluding diaryl/α,β-unsaturated/α-hetero) is 1. The van der Waals surface area contributed by atoms with Gasteiger partial charge in [0.15, 0.2) is 0 Å². The van der Waals surface area contributed by atoms with Crippen LogP contribution in [0.1, 0.15) is 47.0 Å². The lowest BCUT2D eigenvalue weighted by molar-refractivity contribution is -0.117. The van der Waals surface area contributed by atoms with Gasteiger partial charge >= 0.3 is 0 Å². The fourth-order valence-corrected chi connectivity index (χ4v) is 1.98. The molecule has 0 aromatic carbocycles. The minimum atomic E-state index is 0.270. The largest absolute Gasteiger partial charge is 0.299 e. The summed E-state index contributed by atoms with van der Waals surface area (Å²) in [6.07, 6.45) is 8.95. The molecule has 0 saturated heterocycles. The molecule has 1 aliphatic rings. The molecule has 0 saturated carbocycles. The molecule has 0 unspecified atom stereocenters. The molecule has 0 N–H and O–H groups in total. The Morgan fingerprint density at radius 2 is 2.27 bits per heavy atom. The Morgan fingerprint density at radius 3 is 2.73 bits per heavy atom. The average molecular weight is 206 g/mol. The quantitative estimate of drug-likeness (QED) is 0.637. The minimum absolute atomic E-state index is 0.270. The van der Waals surface area contributed by atoms with Crippen molar-refractivity contribution in [2.45, 2.75) is 47.0 Å². The van der Waals surface area contributed by atoms with Crippen LogP contribution in [0, 0.1) is 11.3 Å². The summed E-state index contributed by atoms with van der Waals surface area (Å²) in [6.45, 7) is 8.68. The Kier molecular flexibility index (Phi) is 3.90. The van der Waals surface area contributed by atoms with Crippen molar-refractivity contribution in [1.82, 2.24) is 0 Å². The molecule has 1 aliphatic carbocycles. The molecular formula is C14H22O. The molecule has 0 aromatic heterocycles. The molecule has 1 nitrogen and oxygen atoms in total. The molecule has 0 heterocycles. The van der Waals surface area contributed by atoms with E-state index in [4.69, 9.17) is 0 Å². The maximum absolute atomic E-state index is 11.1. The SMILES string of the molecule is CCC(=O)C/C=C/[C@H]1CC=C(C)C1(C)C. The Balaban J connectivity index is 2.51. The van der Waals surface area contributed by atoms with Crippen molar-refractivity contribution < 1.29 is 4.79 Å². The van der Waals surface area contributed by atoms with Crippen molar-refractivity contribution in [2.24, 2.45) is 11.3 Å². The van der Waals surface area contributed by atoms with Crippen molar-refractivity contribution in [1.29, 1.82) is 0 Å². The molecule has 0 aromatic rings. The van der Waals surface area contributed by atoms with Gasteiger partial charge in [-0.15, -0.1) is 0 Å². The van der Waals surface area contributed by atoms with Crippen molar-refractivity contribution in [3.05, 3.63) is 23.8 Å². The molecule has 0 bridgehead atoms. The van der Waals surface area contributed by atoms with E-state index in [2.05, 4.69) is 32.9 Å². The monoisotopic (exact) mass is 206 g/mol. The second kappa shape index (κ2) is 4.78. The molecule has 0 radical (unpaired) electrons. The zero-order chi connectivity index (χ0) is 11.5. The molecule has 1 heteroatoms. The minimum Gasteiger partial charge on any atom is -0.299 e. The molecule has 15 heavy (non-hydrogen) atoms. The number of carbonyl (C=O) groups is 1. The van der Waals surface area contributed by atoms with Crippen LogP contribution in [-0.4, -0.2) is 5.78 Å². The van der Waals surface area contributed by atoms with Crippen molar-refractivity contribution in [3.63, 3.8) is 0 Å². The lowest BCUT2D eigenvalue weighted by atomic mass is 9.77. The van der Waals surface area contributed by atoms with E-state index in [-0.39, 0.29) is 5.41 Å².